The normalized spacial score (nSPS) is 10.4. The van der Waals surface area contributed by atoms with Crippen molar-refractivity contribution in [1.29, 1.82) is 0 Å². The Labute approximate surface area is 169 Å². The summed E-state index contributed by atoms with van der Waals surface area (Å²) >= 11 is 3.41. The van der Waals surface area contributed by atoms with E-state index in [0.29, 0.717) is 5.89 Å². The topological polar surface area (TPSA) is 35.3 Å². The molecule has 2 aromatic carbocycles. The van der Waals surface area contributed by atoms with Crippen LogP contribution in [0.25, 0.3) is 22.6 Å². The molecule has 0 bridgehead atoms. The van der Waals surface area contributed by atoms with Gasteiger partial charge in [0.15, 0.2) is 5.58 Å². The zero-order valence-corrected chi connectivity index (χ0v) is 17.5. The fourth-order valence-corrected chi connectivity index (χ4v) is 2.60. The van der Waals surface area contributed by atoms with Crippen LogP contribution >= 0.6 is 15.9 Å². The highest BCUT2D eigenvalue weighted by Crippen LogP contribution is 2.28. The third-order valence-electron chi connectivity index (χ3n) is 3.60. The maximum Gasteiger partial charge on any atom is 0.227 e. The Bertz CT molecular complexity index is 950. The van der Waals surface area contributed by atoms with Crippen molar-refractivity contribution in [3.8, 4) is 17.2 Å². The van der Waals surface area contributed by atoms with Gasteiger partial charge in [-0.3, -0.25) is 0 Å². The quantitative estimate of drug-likeness (QED) is 0.316. The molecule has 0 aliphatic heterocycles. The average molecular weight is 426 g/mol. The maximum absolute atomic E-state index is 5.74. The van der Waals surface area contributed by atoms with Gasteiger partial charge in [0.25, 0.3) is 0 Å². The van der Waals surface area contributed by atoms with Crippen molar-refractivity contribution in [3.05, 3.63) is 83.4 Å². The molecule has 0 atom stereocenters. The molecule has 0 N–H and O–H groups in total. The summed E-state index contributed by atoms with van der Waals surface area (Å²) in [5.41, 5.74) is 3.88. The van der Waals surface area contributed by atoms with Crippen LogP contribution in [0.15, 0.2) is 87.8 Å². The van der Waals surface area contributed by atoms with Gasteiger partial charge < -0.3 is 9.15 Å². The number of rotatable bonds is 5. The summed E-state index contributed by atoms with van der Waals surface area (Å²) in [5.74, 6) is 1.39. The van der Waals surface area contributed by atoms with E-state index in [1.807, 2.05) is 48.5 Å². The monoisotopic (exact) mass is 425 g/mol. The molecule has 0 saturated heterocycles. The summed E-state index contributed by atoms with van der Waals surface area (Å²) in [6, 6.07) is 13.4. The summed E-state index contributed by atoms with van der Waals surface area (Å²) in [5, 5.41) is 0. The van der Waals surface area contributed by atoms with Crippen LogP contribution in [0.2, 0.25) is 0 Å². The summed E-state index contributed by atoms with van der Waals surface area (Å²) in [7, 11) is 1.64. The highest BCUT2D eigenvalue weighted by molar-refractivity contribution is 9.10. The Hall–Kier alpha value is -2.59. The van der Waals surface area contributed by atoms with Crippen molar-refractivity contribution in [2.45, 2.75) is 20.3 Å². The molecule has 0 spiro atoms. The van der Waals surface area contributed by atoms with Gasteiger partial charge in [0, 0.05) is 10.0 Å². The molecule has 1 aromatic heterocycles. The van der Waals surface area contributed by atoms with Gasteiger partial charge in [-0.25, -0.2) is 4.98 Å². The van der Waals surface area contributed by atoms with Crippen LogP contribution in [0.3, 0.4) is 0 Å². The van der Waals surface area contributed by atoms with E-state index < -0.39 is 0 Å². The highest BCUT2D eigenvalue weighted by Gasteiger charge is 2.09. The first-order chi connectivity index (χ1) is 13.0. The first-order valence-corrected chi connectivity index (χ1v) is 9.44. The fourth-order valence-electron chi connectivity index (χ4n) is 2.26. The minimum absolute atomic E-state index is 0.599. The molecule has 3 nitrogen and oxygen atoms in total. The van der Waals surface area contributed by atoms with E-state index in [4.69, 9.17) is 9.15 Å². The number of fused-ring (bicyclic) bond motifs is 1. The molecule has 0 radical (unpaired) electrons. The van der Waals surface area contributed by atoms with Crippen molar-refractivity contribution in [2.24, 2.45) is 0 Å². The first kappa shape index (κ1) is 20.7. The Kier molecular flexibility index (Phi) is 8.08. The van der Waals surface area contributed by atoms with Gasteiger partial charge in [-0.05, 0) is 56.7 Å². The van der Waals surface area contributed by atoms with Gasteiger partial charge in [-0.2, -0.15) is 0 Å². The number of nitrogens with zero attached hydrogens (tertiary/aromatic N) is 1. The Morgan fingerprint density at radius 1 is 1.22 bits per heavy atom. The minimum atomic E-state index is 0.599. The van der Waals surface area contributed by atoms with E-state index >= 15 is 0 Å². The van der Waals surface area contributed by atoms with Crippen molar-refractivity contribution >= 4 is 27.0 Å². The molecule has 140 valence electrons. The van der Waals surface area contributed by atoms with Crippen molar-refractivity contribution in [3.63, 3.8) is 0 Å². The van der Waals surface area contributed by atoms with Crippen molar-refractivity contribution < 1.29 is 9.15 Å². The number of hydrogen-bond donors (Lipinski definition) is 0. The molecule has 4 heteroatoms. The smallest absolute Gasteiger partial charge is 0.227 e. The predicted molar refractivity (Wildman–Crippen MR) is 117 cm³/mol. The van der Waals surface area contributed by atoms with Gasteiger partial charge in [0.05, 0.1) is 7.11 Å². The summed E-state index contributed by atoms with van der Waals surface area (Å²) < 4.78 is 11.9. The number of ether oxygens (including phenoxy) is 1. The summed E-state index contributed by atoms with van der Waals surface area (Å²) in [6.45, 7) is 7.77. The van der Waals surface area contributed by atoms with Gasteiger partial charge in [0.2, 0.25) is 5.89 Å². The third kappa shape index (κ3) is 6.57. The lowest BCUT2D eigenvalue weighted by Gasteiger charge is -2.00. The van der Waals surface area contributed by atoms with E-state index in [1.165, 1.54) is 5.57 Å². The van der Waals surface area contributed by atoms with Gasteiger partial charge in [-0.1, -0.05) is 58.5 Å². The van der Waals surface area contributed by atoms with Crippen molar-refractivity contribution in [1.82, 2.24) is 4.98 Å². The van der Waals surface area contributed by atoms with E-state index in [9.17, 15) is 0 Å². The number of aromatic nitrogens is 1. The van der Waals surface area contributed by atoms with Crippen LogP contribution in [0.4, 0.5) is 0 Å². The van der Waals surface area contributed by atoms with E-state index in [1.54, 1.807) is 13.2 Å². The number of hydrogen-bond acceptors (Lipinski definition) is 3. The van der Waals surface area contributed by atoms with Crippen LogP contribution in [0.5, 0.6) is 5.75 Å². The molecule has 0 amide bonds. The second-order valence-electron chi connectivity index (χ2n) is 6.04. The molecular weight excluding hydrogens is 402 g/mol. The van der Waals surface area contributed by atoms with Crippen LogP contribution in [0, 0.1) is 0 Å². The Morgan fingerprint density at radius 3 is 2.74 bits per heavy atom. The van der Waals surface area contributed by atoms with E-state index in [2.05, 4.69) is 53.5 Å². The van der Waals surface area contributed by atoms with Crippen molar-refractivity contribution in [2.75, 3.05) is 7.11 Å². The Morgan fingerprint density at radius 2 is 2.04 bits per heavy atom. The first-order valence-electron chi connectivity index (χ1n) is 8.65. The second-order valence-corrected chi connectivity index (χ2v) is 6.96. The fraction of sp³-hybridized carbons (Fsp3) is 0.174. The summed E-state index contributed by atoms with van der Waals surface area (Å²) in [6.07, 6.45) is 9.03. The lowest BCUT2D eigenvalue weighted by molar-refractivity contribution is 0.415. The number of methoxy groups -OCH3 is 1. The summed E-state index contributed by atoms with van der Waals surface area (Å²) in [4.78, 5) is 4.46. The zero-order valence-electron chi connectivity index (χ0n) is 15.9. The highest BCUT2D eigenvalue weighted by atomic mass is 79.9. The average Bonchev–Trinajstić information content (AvgIpc) is 3.09. The SMILES string of the molecule is C=C/C=C\CC=C(C)C.COc1cccc(-c2nc3ccc(Br)cc3o2)c1. The van der Waals surface area contributed by atoms with Crippen LogP contribution in [-0.2, 0) is 0 Å². The lowest BCUT2D eigenvalue weighted by atomic mass is 10.2. The zero-order chi connectivity index (χ0) is 19.6. The molecular formula is C23H24BrNO2. The van der Waals surface area contributed by atoms with Crippen LogP contribution < -0.4 is 4.74 Å². The van der Waals surface area contributed by atoms with E-state index in [-0.39, 0.29) is 0 Å². The van der Waals surface area contributed by atoms with E-state index in [0.717, 1.165) is 33.3 Å². The standard InChI is InChI=1S/C14H10BrNO2.C9H14/c1-17-11-4-2-3-9(7-11)14-16-12-6-5-10(15)8-13(12)18-14;1-4-5-6-7-8-9(2)3/h2-8H,1H3;4-6,8H,1,7H2,2-3H3/b;6-5-. The molecule has 3 rings (SSSR count). The second kappa shape index (κ2) is 10.5. The van der Waals surface area contributed by atoms with Crippen LogP contribution in [0.1, 0.15) is 20.3 Å². The minimum Gasteiger partial charge on any atom is -0.497 e. The van der Waals surface area contributed by atoms with Crippen LogP contribution in [-0.4, -0.2) is 12.1 Å². The van der Waals surface area contributed by atoms with Gasteiger partial charge in [0.1, 0.15) is 11.3 Å². The number of allylic oxidation sites excluding steroid dienone is 5. The molecule has 27 heavy (non-hydrogen) atoms. The lowest BCUT2D eigenvalue weighted by Crippen LogP contribution is -1.83. The predicted octanol–water partition coefficient (Wildman–Crippen LogP) is 7.35. The molecule has 1 heterocycles. The third-order valence-corrected chi connectivity index (χ3v) is 4.09. The molecule has 0 fully saturated rings. The largest absolute Gasteiger partial charge is 0.497 e. The molecule has 0 saturated carbocycles. The number of benzene rings is 2. The van der Waals surface area contributed by atoms with Gasteiger partial charge in [-0.15, -0.1) is 0 Å². The van der Waals surface area contributed by atoms with Gasteiger partial charge >= 0.3 is 0 Å². The maximum atomic E-state index is 5.74. The number of halogens is 1. The number of oxazole rings is 1. The Balaban J connectivity index is 0.000000249. The molecule has 0 aliphatic carbocycles. The molecule has 0 unspecified atom stereocenters. The molecule has 0 aliphatic rings. The molecule has 3 aromatic rings.